The van der Waals surface area contributed by atoms with Crippen LogP contribution < -0.4 is 15.8 Å². The van der Waals surface area contributed by atoms with Crippen molar-refractivity contribution in [3.63, 3.8) is 0 Å². The van der Waals surface area contributed by atoms with Crippen LogP contribution in [0.3, 0.4) is 0 Å². The van der Waals surface area contributed by atoms with Crippen LogP contribution >= 0.6 is 0 Å². The molecule has 0 radical (unpaired) electrons. The van der Waals surface area contributed by atoms with Gasteiger partial charge in [-0.15, -0.1) is 0 Å². The summed E-state index contributed by atoms with van der Waals surface area (Å²) in [7, 11) is -2.84. The zero-order valence-electron chi connectivity index (χ0n) is 18.5. The van der Waals surface area contributed by atoms with Gasteiger partial charge in [-0.2, -0.15) is 4.98 Å². The van der Waals surface area contributed by atoms with Crippen molar-refractivity contribution >= 4 is 38.4 Å². The fraction of sp³-hybridized carbons (Fsp3) is 0.455. The minimum Gasteiger partial charge on any atom is -0.377 e. The van der Waals surface area contributed by atoms with E-state index in [0.717, 1.165) is 28.8 Å². The zero-order valence-corrected chi connectivity index (χ0v) is 19.3. The third-order valence-corrected chi connectivity index (χ3v) is 8.51. The number of para-hydroxylation sites is 1. The van der Waals surface area contributed by atoms with Crippen molar-refractivity contribution in [2.24, 2.45) is 5.14 Å². The lowest BCUT2D eigenvalue weighted by molar-refractivity contribution is 0.0985. The Morgan fingerprint density at radius 2 is 2.09 bits per heavy atom. The van der Waals surface area contributed by atoms with E-state index in [2.05, 4.69) is 29.6 Å². The highest BCUT2D eigenvalue weighted by Crippen LogP contribution is 2.51. The molecule has 170 valence electrons. The number of nitrogen functional groups attached to an aromatic ring is 1. The average Bonchev–Trinajstić information content (AvgIpc) is 3.51. The fourth-order valence-electron chi connectivity index (χ4n) is 4.53. The Hall–Kier alpha value is -2.69. The highest BCUT2D eigenvalue weighted by Gasteiger charge is 2.52. The summed E-state index contributed by atoms with van der Waals surface area (Å²) >= 11 is 0. The fourth-order valence-corrected chi connectivity index (χ4v) is 5.78. The Morgan fingerprint density at radius 1 is 1.31 bits per heavy atom. The number of ether oxygens (including phenoxy) is 1. The summed E-state index contributed by atoms with van der Waals surface area (Å²) in [5.41, 5.74) is 9.80. The maximum absolute atomic E-state index is 12.9. The SMILES string of the molecule is C=S(N)(=O)C1(c2cc(N3CCOC[C@H]3C)nc(-n3c(N)nc4c(CC)cccc43)n2)CC1. The van der Waals surface area contributed by atoms with Crippen molar-refractivity contribution in [1.82, 2.24) is 19.5 Å². The van der Waals surface area contributed by atoms with Gasteiger partial charge < -0.3 is 15.4 Å². The number of aromatic nitrogens is 4. The monoisotopic (exact) mass is 455 g/mol. The number of anilines is 2. The quantitative estimate of drug-likeness (QED) is 0.562. The molecule has 1 saturated carbocycles. The highest BCUT2D eigenvalue weighted by atomic mass is 32.2. The van der Waals surface area contributed by atoms with Gasteiger partial charge in [-0.25, -0.2) is 14.5 Å². The second-order valence-corrected chi connectivity index (χ2v) is 10.9. The van der Waals surface area contributed by atoms with E-state index < -0.39 is 14.5 Å². The normalized spacial score (nSPS) is 22.1. The molecule has 3 aromatic rings. The lowest BCUT2D eigenvalue weighted by atomic mass is 10.1. The first-order valence-corrected chi connectivity index (χ1v) is 12.7. The molecule has 4 N–H and O–H groups in total. The molecular weight excluding hydrogens is 426 g/mol. The van der Waals surface area contributed by atoms with Crippen LogP contribution in [0.4, 0.5) is 11.8 Å². The largest absolute Gasteiger partial charge is 0.377 e. The van der Waals surface area contributed by atoms with E-state index >= 15 is 0 Å². The van der Waals surface area contributed by atoms with Crippen LogP contribution in [-0.2, 0) is 25.6 Å². The molecule has 1 aromatic carbocycles. The third kappa shape index (κ3) is 3.25. The molecule has 3 heterocycles. The number of nitrogens with zero attached hydrogens (tertiary/aromatic N) is 5. The van der Waals surface area contributed by atoms with Crippen molar-refractivity contribution in [3.8, 4) is 5.95 Å². The second kappa shape index (κ2) is 7.43. The molecule has 0 amide bonds. The topological polar surface area (TPSA) is 125 Å². The van der Waals surface area contributed by atoms with Gasteiger partial charge >= 0.3 is 0 Å². The van der Waals surface area contributed by atoms with Crippen LogP contribution in [0.15, 0.2) is 24.3 Å². The molecule has 9 nitrogen and oxygen atoms in total. The summed E-state index contributed by atoms with van der Waals surface area (Å²) in [6.45, 7) is 6.10. The van der Waals surface area contributed by atoms with Crippen molar-refractivity contribution in [1.29, 1.82) is 0 Å². The maximum Gasteiger partial charge on any atom is 0.239 e. The van der Waals surface area contributed by atoms with Crippen LogP contribution in [0, 0.1) is 0 Å². The van der Waals surface area contributed by atoms with Gasteiger partial charge in [0.1, 0.15) is 5.82 Å². The Morgan fingerprint density at radius 3 is 2.75 bits per heavy atom. The minimum absolute atomic E-state index is 0.139. The van der Waals surface area contributed by atoms with E-state index in [9.17, 15) is 4.21 Å². The molecule has 32 heavy (non-hydrogen) atoms. The first-order chi connectivity index (χ1) is 15.2. The van der Waals surface area contributed by atoms with Gasteiger partial charge in [-0.1, -0.05) is 19.1 Å². The number of morpholine rings is 1. The maximum atomic E-state index is 12.9. The number of rotatable bonds is 5. The summed E-state index contributed by atoms with van der Waals surface area (Å²) in [6, 6.07) is 8.04. The van der Waals surface area contributed by atoms with Crippen LogP contribution in [0.5, 0.6) is 0 Å². The Bertz CT molecular complexity index is 1300. The van der Waals surface area contributed by atoms with Crippen molar-refractivity contribution in [3.05, 3.63) is 35.5 Å². The first-order valence-electron chi connectivity index (χ1n) is 10.9. The molecule has 2 aliphatic rings. The Kier molecular flexibility index (Phi) is 4.92. The Balaban J connectivity index is 1.75. The zero-order chi connectivity index (χ0) is 22.7. The minimum atomic E-state index is -2.84. The van der Waals surface area contributed by atoms with Gasteiger partial charge in [0.15, 0.2) is 0 Å². The van der Waals surface area contributed by atoms with Crippen LogP contribution in [-0.4, -0.2) is 55.4 Å². The van der Waals surface area contributed by atoms with Crippen molar-refractivity contribution < 1.29 is 8.95 Å². The summed E-state index contributed by atoms with van der Waals surface area (Å²) in [6.07, 6.45) is 2.20. The predicted octanol–water partition coefficient (Wildman–Crippen LogP) is 1.76. The summed E-state index contributed by atoms with van der Waals surface area (Å²) in [4.78, 5) is 16.5. The molecule has 1 aliphatic heterocycles. The summed E-state index contributed by atoms with van der Waals surface area (Å²) in [5, 5.41) is 6.07. The van der Waals surface area contributed by atoms with Crippen LogP contribution in [0.1, 0.15) is 37.9 Å². The van der Waals surface area contributed by atoms with Crippen LogP contribution in [0.2, 0.25) is 0 Å². The van der Waals surface area contributed by atoms with E-state index in [-0.39, 0.29) is 6.04 Å². The third-order valence-electron chi connectivity index (χ3n) is 6.57. The standard InChI is InChI=1S/C22H29N7O2S/c1-4-15-6-5-7-16-19(15)27-20(23)29(16)21-25-17(22(8-9-22)32(3,24)30)12-18(26-21)28-10-11-31-13-14(28)2/h5-7,12,14H,3-4,8-11,13H2,1-2H3,(H2,23,27)(H2,24,30)/t14-,32?/m1/s1. The van der Waals surface area contributed by atoms with Crippen molar-refractivity contribution in [2.75, 3.05) is 30.4 Å². The first kappa shape index (κ1) is 21.2. The van der Waals surface area contributed by atoms with Crippen LogP contribution in [0.25, 0.3) is 17.0 Å². The number of hydrogen-bond acceptors (Lipinski definition) is 7. The molecule has 2 aromatic heterocycles. The average molecular weight is 456 g/mol. The molecular formula is C22H29N7O2S. The van der Waals surface area contributed by atoms with E-state index in [1.807, 2.05) is 24.3 Å². The number of aryl methyl sites for hydroxylation is 1. The molecule has 1 unspecified atom stereocenters. The van der Waals surface area contributed by atoms with E-state index in [1.54, 1.807) is 4.57 Å². The number of benzene rings is 1. The van der Waals surface area contributed by atoms with E-state index in [1.165, 1.54) is 0 Å². The van der Waals surface area contributed by atoms with Gasteiger partial charge in [0.25, 0.3) is 0 Å². The van der Waals surface area contributed by atoms with Gasteiger partial charge in [0.05, 0.1) is 40.7 Å². The molecule has 0 spiro atoms. The van der Waals surface area contributed by atoms with E-state index in [0.29, 0.717) is 50.2 Å². The lowest BCUT2D eigenvalue weighted by Gasteiger charge is -2.35. The molecule has 2 atom stereocenters. The number of hydrogen-bond donors (Lipinski definition) is 2. The lowest BCUT2D eigenvalue weighted by Crippen LogP contribution is -2.44. The molecule has 0 bridgehead atoms. The molecule has 1 saturated heterocycles. The van der Waals surface area contributed by atoms with Gasteiger partial charge in [0, 0.05) is 22.3 Å². The Labute approximate surface area is 187 Å². The molecule has 5 rings (SSSR count). The summed E-state index contributed by atoms with van der Waals surface area (Å²) < 4.78 is 19.5. The molecule has 10 heteroatoms. The smallest absolute Gasteiger partial charge is 0.239 e. The van der Waals surface area contributed by atoms with Gasteiger partial charge in [-0.05, 0) is 43.7 Å². The van der Waals surface area contributed by atoms with Gasteiger partial charge in [0.2, 0.25) is 11.9 Å². The van der Waals surface area contributed by atoms with E-state index in [4.69, 9.17) is 25.6 Å². The van der Waals surface area contributed by atoms with Crippen molar-refractivity contribution in [2.45, 2.75) is 43.9 Å². The predicted molar refractivity (Wildman–Crippen MR) is 128 cm³/mol. The number of imidazole rings is 1. The van der Waals surface area contributed by atoms with Gasteiger partial charge in [-0.3, -0.25) is 9.35 Å². The number of fused-ring (bicyclic) bond motifs is 1. The molecule has 1 aliphatic carbocycles. The molecule has 2 fully saturated rings. The number of nitrogens with two attached hydrogens (primary N) is 2. The summed E-state index contributed by atoms with van der Waals surface area (Å²) in [5.74, 6) is 5.24. The highest BCUT2D eigenvalue weighted by molar-refractivity contribution is 7.99. The second-order valence-electron chi connectivity index (χ2n) is 8.69.